The van der Waals surface area contributed by atoms with Gasteiger partial charge in [0.2, 0.25) is 0 Å². The summed E-state index contributed by atoms with van der Waals surface area (Å²) in [5.74, 6) is 0.816. The number of aromatic amines is 1. The molecule has 3 rings (SSSR count). The normalized spacial score (nSPS) is 27.0. The van der Waals surface area contributed by atoms with Gasteiger partial charge in [-0.05, 0) is 25.2 Å². The third-order valence-corrected chi connectivity index (χ3v) is 5.48. The summed E-state index contributed by atoms with van der Waals surface area (Å²) in [5, 5.41) is 1.42. The van der Waals surface area contributed by atoms with E-state index >= 15 is 0 Å². The number of nitrogens with one attached hydrogen (secondary N) is 1. The summed E-state index contributed by atoms with van der Waals surface area (Å²) in [6.07, 6.45) is 9.42. The van der Waals surface area contributed by atoms with E-state index in [9.17, 15) is 0 Å². The molecule has 3 N–H and O–H groups in total. The lowest BCUT2D eigenvalue weighted by molar-refractivity contribution is 0.317. The Labute approximate surface area is 123 Å². The van der Waals surface area contributed by atoms with Gasteiger partial charge in [0.1, 0.15) is 16.9 Å². The predicted molar refractivity (Wildman–Crippen MR) is 81.6 cm³/mol. The predicted octanol–water partition coefficient (Wildman–Crippen LogP) is 2.74. The first-order valence-electron chi connectivity index (χ1n) is 7.34. The molecule has 2 heterocycles. The van der Waals surface area contributed by atoms with Gasteiger partial charge in [-0.2, -0.15) is 0 Å². The van der Waals surface area contributed by atoms with Gasteiger partial charge in [0.05, 0.1) is 6.33 Å². The van der Waals surface area contributed by atoms with Gasteiger partial charge in [-0.25, -0.2) is 15.0 Å². The van der Waals surface area contributed by atoms with Crippen LogP contribution >= 0.6 is 11.8 Å². The number of nitrogens with zero attached hydrogens (tertiary/aromatic N) is 3. The fourth-order valence-electron chi connectivity index (χ4n) is 3.02. The Kier molecular flexibility index (Phi) is 4.21. The van der Waals surface area contributed by atoms with E-state index in [2.05, 4.69) is 26.9 Å². The summed E-state index contributed by atoms with van der Waals surface area (Å²) in [6, 6.07) is 0.265. The summed E-state index contributed by atoms with van der Waals surface area (Å²) in [6.45, 7) is 2.26. The summed E-state index contributed by atoms with van der Waals surface area (Å²) < 4.78 is 0. The molecule has 1 fully saturated rings. The lowest BCUT2D eigenvalue weighted by Gasteiger charge is -2.33. The van der Waals surface area contributed by atoms with E-state index < -0.39 is 0 Å². The van der Waals surface area contributed by atoms with Crippen molar-refractivity contribution in [2.24, 2.45) is 11.7 Å². The number of nitrogens with two attached hydrogens (primary N) is 1. The Morgan fingerprint density at radius 1 is 1.35 bits per heavy atom. The Balaban J connectivity index is 1.77. The average molecular weight is 291 g/mol. The topological polar surface area (TPSA) is 80.5 Å². The van der Waals surface area contributed by atoms with Crippen LogP contribution in [0.15, 0.2) is 17.7 Å². The molecule has 5 nitrogen and oxygen atoms in total. The smallest absolute Gasteiger partial charge is 0.181 e. The van der Waals surface area contributed by atoms with E-state index in [0.29, 0.717) is 5.25 Å². The largest absolute Gasteiger partial charge is 0.341 e. The second-order valence-corrected chi connectivity index (χ2v) is 6.80. The molecule has 0 aromatic carbocycles. The zero-order chi connectivity index (χ0) is 13.9. The van der Waals surface area contributed by atoms with E-state index in [4.69, 9.17) is 5.73 Å². The summed E-state index contributed by atoms with van der Waals surface area (Å²) in [4.78, 5) is 15.9. The molecule has 108 valence electrons. The maximum Gasteiger partial charge on any atom is 0.181 e. The van der Waals surface area contributed by atoms with Crippen molar-refractivity contribution in [3.63, 3.8) is 0 Å². The van der Waals surface area contributed by atoms with E-state index in [1.165, 1.54) is 25.7 Å². The summed E-state index contributed by atoms with van der Waals surface area (Å²) in [5.41, 5.74) is 7.98. The molecular formula is C14H21N5S. The Hall–Kier alpha value is -1.14. The monoisotopic (exact) mass is 291 g/mol. The number of hydrogen-bond acceptors (Lipinski definition) is 5. The second-order valence-electron chi connectivity index (χ2n) is 5.57. The lowest BCUT2D eigenvalue weighted by atomic mass is 9.83. The quantitative estimate of drug-likeness (QED) is 0.847. The Morgan fingerprint density at radius 2 is 2.25 bits per heavy atom. The van der Waals surface area contributed by atoms with Crippen LogP contribution in [-0.2, 0) is 0 Å². The van der Waals surface area contributed by atoms with Gasteiger partial charge in [-0.15, -0.1) is 0 Å². The number of fused-ring (bicyclic) bond motifs is 1. The second kappa shape index (κ2) is 6.10. The molecule has 1 aliphatic rings. The molecule has 3 unspecified atom stereocenters. The van der Waals surface area contributed by atoms with Crippen LogP contribution in [0.2, 0.25) is 0 Å². The zero-order valence-corrected chi connectivity index (χ0v) is 12.6. The van der Waals surface area contributed by atoms with Crippen molar-refractivity contribution in [1.82, 2.24) is 19.9 Å². The van der Waals surface area contributed by atoms with Crippen LogP contribution in [-0.4, -0.2) is 31.2 Å². The number of aromatic nitrogens is 4. The highest BCUT2D eigenvalue weighted by molar-refractivity contribution is 8.00. The first kappa shape index (κ1) is 13.8. The van der Waals surface area contributed by atoms with E-state index in [1.54, 1.807) is 24.4 Å². The van der Waals surface area contributed by atoms with E-state index in [0.717, 1.165) is 28.5 Å². The minimum atomic E-state index is 0.265. The number of hydrogen-bond donors (Lipinski definition) is 2. The standard InChI is InChI=1S/C14H21N5S/c1-2-3-9-4-5-10(15)11(6-9)20-14-12-13(17-7-16-12)18-8-19-14/h7-11H,2-6,15H2,1H3,(H,16,17,18,19). The van der Waals surface area contributed by atoms with E-state index in [1.807, 2.05) is 0 Å². The van der Waals surface area contributed by atoms with Gasteiger partial charge < -0.3 is 10.7 Å². The molecule has 0 spiro atoms. The van der Waals surface area contributed by atoms with Crippen molar-refractivity contribution < 1.29 is 0 Å². The van der Waals surface area contributed by atoms with Crippen molar-refractivity contribution in [2.75, 3.05) is 0 Å². The van der Waals surface area contributed by atoms with Gasteiger partial charge in [0, 0.05) is 11.3 Å². The number of imidazole rings is 1. The summed E-state index contributed by atoms with van der Waals surface area (Å²) >= 11 is 1.79. The first-order valence-corrected chi connectivity index (χ1v) is 8.22. The minimum Gasteiger partial charge on any atom is -0.341 e. The molecule has 1 saturated carbocycles. The van der Waals surface area contributed by atoms with Crippen molar-refractivity contribution in [3.05, 3.63) is 12.7 Å². The number of H-pyrrole nitrogens is 1. The third-order valence-electron chi connectivity index (χ3n) is 4.10. The summed E-state index contributed by atoms with van der Waals surface area (Å²) in [7, 11) is 0. The number of rotatable bonds is 4. The first-order chi connectivity index (χ1) is 9.78. The van der Waals surface area contributed by atoms with Gasteiger partial charge in [-0.1, -0.05) is 31.5 Å². The van der Waals surface area contributed by atoms with Crippen LogP contribution in [0.25, 0.3) is 11.2 Å². The van der Waals surface area contributed by atoms with E-state index in [-0.39, 0.29) is 6.04 Å². The molecule has 2 aromatic rings. The van der Waals surface area contributed by atoms with Gasteiger partial charge in [-0.3, -0.25) is 0 Å². The molecule has 2 aromatic heterocycles. The van der Waals surface area contributed by atoms with Crippen LogP contribution in [0.3, 0.4) is 0 Å². The number of thioether (sulfide) groups is 1. The maximum atomic E-state index is 6.31. The third kappa shape index (κ3) is 2.81. The Bertz CT molecular complexity index is 569. The van der Waals surface area contributed by atoms with Crippen LogP contribution in [0.1, 0.15) is 39.0 Å². The molecule has 0 saturated heterocycles. The van der Waals surface area contributed by atoms with Crippen molar-refractivity contribution in [1.29, 1.82) is 0 Å². The molecule has 0 aliphatic heterocycles. The fraction of sp³-hybridized carbons (Fsp3) is 0.643. The lowest BCUT2D eigenvalue weighted by Crippen LogP contribution is -2.38. The molecule has 6 heteroatoms. The van der Waals surface area contributed by atoms with Crippen LogP contribution in [0, 0.1) is 5.92 Å². The zero-order valence-electron chi connectivity index (χ0n) is 11.7. The van der Waals surface area contributed by atoms with Crippen LogP contribution < -0.4 is 5.73 Å². The fourth-order valence-corrected chi connectivity index (χ4v) is 4.36. The van der Waals surface area contributed by atoms with Crippen molar-refractivity contribution >= 4 is 22.9 Å². The van der Waals surface area contributed by atoms with Gasteiger partial charge in [0.25, 0.3) is 0 Å². The van der Waals surface area contributed by atoms with Crippen LogP contribution in [0.4, 0.5) is 0 Å². The molecule has 1 aliphatic carbocycles. The minimum absolute atomic E-state index is 0.265. The highest BCUT2D eigenvalue weighted by Crippen LogP contribution is 2.37. The van der Waals surface area contributed by atoms with Gasteiger partial charge >= 0.3 is 0 Å². The van der Waals surface area contributed by atoms with Crippen LogP contribution in [0.5, 0.6) is 0 Å². The SMILES string of the molecule is CCCC1CCC(N)C(Sc2ncnc3nc[nH]c23)C1. The Morgan fingerprint density at radius 3 is 3.10 bits per heavy atom. The maximum absolute atomic E-state index is 6.31. The molecule has 20 heavy (non-hydrogen) atoms. The highest BCUT2D eigenvalue weighted by atomic mass is 32.2. The van der Waals surface area contributed by atoms with Crippen molar-refractivity contribution in [3.8, 4) is 0 Å². The molecule has 0 bridgehead atoms. The van der Waals surface area contributed by atoms with Gasteiger partial charge in [0.15, 0.2) is 5.65 Å². The molecule has 3 atom stereocenters. The molecule has 0 radical (unpaired) electrons. The molecule has 0 amide bonds. The molecular weight excluding hydrogens is 270 g/mol. The highest BCUT2D eigenvalue weighted by Gasteiger charge is 2.29. The van der Waals surface area contributed by atoms with Crippen molar-refractivity contribution in [2.45, 2.75) is 55.3 Å². The average Bonchev–Trinajstić information content (AvgIpc) is 2.92.